The molecule has 0 heterocycles. The molecule has 0 bridgehead atoms. The predicted molar refractivity (Wildman–Crippen MR) is 87.0 cm³/mol. The van der Waals surface area contributed by atoms with Crippen LogP contribution in [0.3, 0.4) is 0 Å². The lowest BCUT2D eigenvalue weighted by atomic mass is 9.99. The van der Waals surface area contributed by atoms with Crippen LogP contribution in [0.1, 0.15) is 52.7 Å². The molecule has 0 aliphatic carbocycles. The molecule has 0 atom stereocenters. The quantitative estimate of drug-likeness (QED) is 0.788. The fourth-order valence-corrected chi connectivity index (χ4v) is 1.76. The Hall–Kier alpha value is -0.860. The van der Waals surface area contributed by atoms with Gasteiger partial charge in [-0.15, -0.1) is 0 Å². The van der Waals surface area contributed by atoms with E-state index in [-0.39, 0.29) is 11.0 Å². The van der Waals surface area contributed by atoms with Crippen molar-refractivity contribution >= 4 is 0 Å². The second-order valence-corrected chi connectivity index (χ2v) is 7.78. The van der Waals surface area contributed by atoms with Crippen LogP contribution in [0.5, 0.6) is 0 Å². The molecule has 0 spiro atoms. The molecule has 1 aromatic rings. The maximum Gasteiger partial charge on any atom is 0.0514 e. The van der Waals surface area contributed by atoms with Gasteiger partial charge in [-0.1, -0.05) is 45.0 Å². The Morgan fingerprint density at radius 1 is 0.900 bits per heavy atom. The minimum Gasteiger partial charge on any atom is -0.381 e. The normalized spacial score (nSPS) is 12.7. The lowest BCUT2D eigenvalue weighted by Crippen LogP contribution is -2.35. The Morgan fingerprint density at radius 3 is 1.95 bits per heavy atom. The van der Waals surface area contributed by atoms with Crippen molar-refractivity contribution in [2.75, 3.05) is 13.2 Å². The van der Waals surface area contributed by atoms with Gasteiger partial charge in [-0.25, -0.2) is 0 Å². The van der Waals surface area contributed by atoms with Gasteiger partial charge < -0.3 is 10.1 Å². The summed E-state index contributed by atoms with van der Waals surface area (Å²) < 4.78 is 5.71. The van der Waals surface area contributed by atoms with E-state index in [0.29, 0.717) is 0 Å². The highest BCUT2D eigenvalue weighted by Crippen LogP contribution is 2.13. The second kappa shape index (κ2) is 7.24. The van der Waals surface area contributed by atoms with Gasteiger partial charge in [0.15, 0.2) is 0 Å². The van der Waals surface area contributed by atoms with Gasteiger partial charge in [0.25, 0.3) is 0 Å². The minimum absolute atomic E-state index is 0.166. The highest BCUT2D eigenvalue weighted by molar-refractivity contribution is 5.22. The Bertz CT molecular complexity index is 381. The molecule has 1 N–H and O–H groups in total. The Labute approximate surface area is 124 Å². The average Bonchev–Trinajstić information content (AvgIpc) is 2.31. The van der Waals surface area contributed by atoms with Gasteiger partial charge in [-0.05, 0) is 43.7 Å². The van der Waals surface area contributed by atoms with Crippen LogP contribution in [0.15, 0.2) is 24.3 Å². The molecule has 0 aromatic heterocycles. The molecule has 0 aliphatic heterocycles. The fraction of sp³-hybridized carbons (Fsp3) is 0.667. The van der Waals surface area contributed by atoms with Gasteiger partial charge in [-0.2, -0.15) is 0 Å². The molecule has 1 aromatic carbocycles. The smallest absolute Gasteiger partial charge is 0.0514 e. The Kier molecular flexibility index (Phi) is 6.22. The second-order valence-electron chi connectivity index (χ2n) is 7.78. The first kappa shape index (κ1) is 17.2. The van der Waals surface area contributed by atoms with Crippen LogP contribution in [-0.4, -0.2) is 18.8 Å². The van der Waals surface area contributed by atoms with Crippen LogP contribution in [0.2, 0.25) is 0 Å². The molecule has 0 saturated carbocycles. The van der Waals surface area contributed by atoms with E-state index in [2.05, 4.69) is 71.1 Å². The van der Waals surface area contributed by atoms with E-state index in [9.17, 15) is 0 Å². The average molecular weight is 277 g/mol. The molecule has 20 heavy (non-hydrogen) atoms. The highest BCUT2D eigenvalue weighted by Gasteiger charge is 2.10. The van der Waals surface area contributed by atoms with Crippen LogP contribution in [0.4, 0.5) is 0 Å². The lowest BCUT2D eigenvalue weighted by molar-refractivity contribution is 0.0733. The van der Waals surface area contributed by atoms with Gasteiger partial charge in [0.2, 0.25) is 0 Å². The summed E-state index contributed by atoms with van der Waals surface area (Å²) in [5.41, 5.74) is 3.10. The summed E-state index contributed by atoms with van der Waals surface area (Å²) in [5, 5.41) is 3.50. The van der Waals surface area contributed by atoms with Gasteiger partial charge >= 0.3 is 0 Å². The number of benzene rings is 1. The van der Waals surface area contributed by atoms with Gasteiger partial charge in [-0.3, -0.25) is 0 Å². The first-order chi connectivity index (χ1) is 9.16. The van der Waals surface area contributed by atoms with Crippen molar-refractivity contribution in [3.05, 3.63) is 35.4 Å². The third-order valence-electron chi connectivity index (χ3n) is 2.92. The first-order valence-electron chi connectivity index (χ1n) is 7.56. The summed E-state index contributed by atoms with van der Waals surface area (Å²) in [6.45, 7) is 15.7. The number of hydrogen-bond acceptors (Lipinski definition) is 2. The molecule has 2 heteroatoms. The predicted octanol–water partition coefficient (Wildman–Crippen LogP) is 4.18. The van der Waals surface area contributed by atoms with Crippen molar-refractivity contribution < 1.29 is 4.74 Å². The number of rotatable bonds is 6. The van der Waals surface area contributed by atoms with Crippen molar-refractivity contribution in [2.45, 2.75) is 60.0 Å². The molecule has 0 saturated heterocycles. The summed E-state index contributed by atoms with van der Waals surface area (Å²) in [5.74, 6) is 0. The molecular formula is C18H31NO. The Morgan fingerprint density at radius 2 is 1.45 bits per heavy atom. The summed E-state index contributed by atoms with van der Waals surface area (Å²) in [7, 11) is 0. The molecule has 1 rings (SSSR count). The fourth-order valence-electron chi connectivity index (χ4n) is 1.76. The van der Waals surface area contributed by atoms with Crippen molar-refractivity contribution in [3.8, 4) is 0 Å². The van der Waals surface area contributed by atoms with E-state index < -0.39 is 0 Å². The molecule has 0 fully saturated rings. The largest absolute Gasteiger partial charge is 0.381 e. The van der Waals surface area contributed by atoms with E-state index in [1.165, 1.54) is 11.1 Å². The molecule has 2 nitrogen and oxygen atoms in total. The molecule has 0 amide bonds. The zero-order chi connectivity index (χ0) is 15.2. The molecular weight excluding hydrogens is 246 g/mol. The van der Waals surface area contributed by atoms with Crippen LogP contribution in [-0.2, 0) is 17.7 Å². The van der Waals surface area contributed by atoms with Crippen LogP contribution < -0.4 is 5.32 Å². The zero-order valence-electron chi connectivity index (χ0n) is 14.0. The van der Waals surface area contributed by atoms with E-state index in [1.807, 2.05) is 0 Å². The minimum atomic E-state index is 0.166. The zero-order valence-corrected chi connectivity index (χ0v) is 14.0. The molecule has 0 unspecified atom stereocenters. The van der Waals surface area contributed by atoms with E-state index in [1.54, 1.807) is 0 Å². The SMILES string of the molecule is CC(C)(C)COCCc1ccc(CNC(C)(C)C)cc1. The third-order valence-corrected chi connectivity index (χ3v) is 2.92. The van der Waals surface area contributed by atoms with Crippen molar-refractivity contribution in [1.29, 1.82) is 0 Å². The van der Waals surface area contributed by atoms with Crippen LogP contribution in [0, 0.1) is 5.41 Å². The van der Waals surface area contributed by atoms with E-state index >= 15 is 0 Å². The monoisotopic (exact) mass is 277 g/mol. The van der Waals surface area contributed by atoms with Crippen molar-refractivity contribution in [3.63, 3.8) is 0 Å². The number of nitrogens with one attached hydrogen (secondary N) is 1. The van der Waals surface area contributed by atoms with Crippen LogP contribution in [0.25, 0.3) is 0 Å². The van der Waals surface area contributed by atoms with Crippen LogP contribution >= 0.6 is 0 Å². The third kappa shape index (κ3) is 8.34. The molecule has 114 valence electrons. The van der Waals surface area contributed by atoms with E-state index in [4.69, 9.17) is 4.74 Å². The van der Waals surface area contributed by atoms with Crippen molar-refractivity contribution in [1.82, 2.24) is 5.32 Å². The summed E-state index contributed by atoms with van der Waals surface area (Å²) in [6.07, 6.45) is 0.989. The molecule has 0 aliphatic rings. The lowest BCUT2D eigenvalue weighted by Gasteiger charge is -2.20. The summed E-state index contributed by atoms with van der Waals surface area (Å²) >= 11 is 0. The summed E-state index contributed by atoms with van der Waals surface area (Å²) in [6, 6.07) is 8.83. The summed E-state index contributed by atoms with van der Waals surface area (Å²) in [4.78, 5) is 0. The van der Waals surface area contributed by atoms with Gasteiger partial charge in [0, 0.05) is 12.1 Å². The first-order valence-corrected chi connectivity index (χ1v) is 7.56. The number of hydrogen-bond donors (Lipinski definition) is 1. The van der Waals surface area contributed by atoms with Gasteiger partial charge in [0.1, 0.15) is 0 Å². The van der Waals surface area contributed by atoms with Crippen molar-refractivity contribution in [2.24, 2.45) is 5.41 Å². The highest BCUT2D eigenvalue weighted by atomic mass is 16.5. The standard InChI is InChI=1S/C18H31NO/c1-17(2,3)14-20-12-11-15-7-9-16(10-8-15)13-19-18(4,5)6/h7-10,19H,11-14H2,1-6H3. The Balaban J connectivity index is 2.32. The molecule has 0 radical (unpaired) electrons. The topological polar surface area (TPSA) is 21.3 Å². The van der Waals surface area contributed by atoms with E-state index in [0.717, 1.165) is 26.2 Å². The van der Waals surface area contributed by atoms with Gasteiger partial charge in [0.05, 0.1) is 13.2 Å². The maximum atomic E-state index is 5.71. The number of ether oxygens (including phenoxy) is 1. The maximum absolute atomic E-state index is 5.71.